The van der Waals surface area contributed by atoms with Crippen molar-refractivity contribution >= 4 is 17.5 Å². The molecule has 112 valence electrons. The van der Waals surface area contributed by atoms with Crippen molar-refractivity contribution in [1.29, 1.82) is 0 Å². The number of likely N-dealkylation sites (N-methyl/N-ethyl adjacent to an activating group) is 1. The van der Waals surface area contributed by atoms with E-state index in [0.29, 0.717) is 24.5 Å². The number of hydrogen-bond donors (Lipinski definition) is 2. The maximum atomic E-state index is 12.5. The molecule has 0 aromatic carbocycles. The number of aromatic nitrogens is 2. The molecule has 1 aromatic heterocycles. The first kappa shape index (κ1) is 16.0. The SMILES string of the molecule is CCN(CC(=O)NC(C)C)C(=O)c1c(N)cnn1CC. The predicted octanol–water partition coefficient (Wildman–Crippen LogP) is 0.472. The van der Waals surface area contributed by atoms with E-state index in [4.69, 9.17) is 5.73 Å². The number of carbonyl (C=O) groups excluding carboxylic acids is 2. The highest BCUT2D eigenvalue weighted by molar-refractivity contribution is 5.99. The monoisotopic (exact) mass is 281 g/mol. The third-order valence-corrected chi connectivity index (χ3v) is 2.82. The summed E-state index contributed by atoms with van der Waals surface area (Å²) in [4.78, 5) is 25.7. The van der Waals surface area contributed by atoms with Gasteiger partial charge in [-0.25, -0.2) is 0 Å². The van der Waals surface area contributed by atoms with Crippen LogP contribution in [0.3, 0.4) is 0 Å². The summed E-state index contributed by atoms with van der Waals surface area (Å²) in [7, 11) is 0. The number of rotatable bonds is 6. The number of nitrogens with one attached hydrogen (secondary N) is 1. The second-order valence-corrected chi connectivity index (χ2v) is 4.81. The van der Waals surface area contributed by atoms with E-state index in [9.17, 15) is 9.59 Å². The van der Waals surface area contributed by atoms with E-state index in [1.807, 2.05) is 27.7 Å². The van der Waals surface area contributed by atoms with Crippen LogP contribution in [0.4, 0.5) is 5.69 Å². The van der Waals surface area contributed by atoms with E-state index in [2.05, 4.69) is 10.4 Å². The first-order valence-corrected chi connectivity index (χ1v) is 6.80. The summed E-state index contributed by atoms with van der Waals surface area (Å²) in [6, 6.07) is 0.0440. The first-order chi connectivity index (χ1) is 9.40. The molecule has 0 aliphatic carbocycles. The summed E-state index contributed by atoms with van der Waals surface area (Å²) in [5, 5.41) is 6.81. The smallest absolute Gasteiger partial charge is 0.274 e. The Kier molecular flexibility index (Phi) is 5.54. The molecule has 0 spiro atoms. The van der Waals surface area contributed by atoms with Gasteiger partial charge >= 0.3 is 0 Å². The van der Waals surface area contributed by atoms with Crippen molar-refractivity contribution in [3.63, 3.8) is 0 Å². The minimum atomic E-state index is -0.275. The third-order valence-electron chi connectivity index (χ3n) is 2.82. The number of anilines is 1. The summed E-state index contributed by atoms with van der Waals surface area (Å²) in [6.45, 7) is 8.45. The van der Waals surface area contributed by atoms with Gasteiger partial charge in [0.15, 0.2) is 0 Å². The van der Waals surface area contributed by atoms with Gasteiger partial charge in [0.05, 0.1) is 18.4 Å². The second-order valence-electron chi connectivity index (χ2n) is 4.81. The van der Waals surface area contributed by atoms with Crippen molar-refractivity contribution in [2.45, 2.75) is 40.3 Å². The van der Waals surface area contributed by atoms with Gasteiger partial charge in [-0.3, -0.25) is 14.3 Å². The van der Waals surface area contributed by atoms with Gasteiger partial charge in [-0.15, -0.1) is 0 Å². The lowest BCUT2D eigenvalue weighted by Gasteiger charge is -2.21. The van der Waals surface area contributed by atoms with Crippen molar-refractivity contribution in [3.8, 4) is 0 Å². The highest BCUT2D eigenvalue weighted by Crippen LogP contribution is 2.13. The zero-order chi connectivity index (χ0) is 15.3. The lowest BCUT2D eigenvalue weighted by molar-refractivity contribution is -0.122. The Labute approximate surface area is 119 Å². The van der Waals surface area contributed by atoms with E-state index in [-0.39, 0.29) is 24.4 Å². The van der Waals surface area contributed by atoms with Crippen LogP contribution in [0.15, 0.2) is 6.20 Å². The molecule has 0 atom stereocenters. The molecule has 0 bridgehead atoms. The fraction of sp³-hybridized carbons (Fsp3) is 0.615. The number of nitrogens with two attached hydrogens (primary N) is 1. The van der Waals surface area contributed by atoms with Crippen LogP contribution in [-0.4, -0.2) is 45.6 Å². The summed E-state index contributed by atoms with van der Waals surface area (Å²) < 4.78 is 1.54. The van der Waals surface area contributed by atoms with Gasteiger partial charge in [-0.05, 0) is 27.7 Å². The molecule has 3 N–H and O–H groups in total. The quantitative estimate of drug-likeness (QED) is 0.792. The molecule has 7 heteroatoms. The predicted molar refractivity (Wildman–Crippen MR) is 77.2 cm³/mol. The number of amides is 2. The lowest BCUT2D eigenvalue weighted by Crippen LogP contribution is -2.43. The van der Waals surface area contributed by atoms with E-state index in [1.54, 1.807) is 4.68 Å². The standard InChI is InChI=1S/C13H23N5O2/c1-5-17(8-11(19)16-9(3)4)13(20)12-10(14)7-15-18(12)6-2/h7,9H,5-6,8,14H2,1-4H3,(H,16,19). The number of carbonyl (C=O) groups is 2. The highest BCUT2D eigenvalue weighted by atomic mass is 16.2. The fourth-order valence-corrected chi connectivity index (χ4v) is 1.89. The van der Waals surface area contributed by atoms with E-state index in [1.165, 1.54) is 11.1 Å². The minimum Gasteiger partial charge on any atom is -0.396 e. The molecule has 0 aliphatic heterocycles. The van der Waals surface area contributed by atoms with Crippen molar-refractivity contribution in [3.05, 3.63) is 11.9 Å². The largest absolute Gasteiger partial charge is 0.396 e. The van der Waals surface area contributed by atoms with Crippen LogP contribution in [0.1, 0.15) is 38.2 Å². The number of hydrogen-bond acceptors (Lipinski definition) is 4. The van der Waals surface area contributed by atoms with Gasteiger partial charge in [0.2, 0.25) is 5.91 Å². The molecule has 0 aliphatic rings. The van der Waals surface area contributed by atoms with E-state index >= 15 is 0 Å². The second kappa shape index (κ2) is 6.93. The number of aryl methyl sites for hydroxylation is 1. The first-order valence-electron chi connectivity index (χ1n) is 6.80. The molecule has 20 heavy (non-hydrogen) atoms. The zero-order valence-corrected chi connectivity index (χ0v) is 12.5. The Morgan fingerprint density at radius 2 is 2.10 bits per heavy atom. The van der Waals surface area contributed by atoms with Gasteiger partial charge in [0.25, 0.3) is 5.91 Å². The molecule has 7 nitrogen and oxygen atoms in total. The van der Waals surface area contributed by atoms with Gasteiger partial charge in [0.1, 0.15) is 5.69 Å². The number of nitrogen functional groups attached to an aromatic ring is 1. The van der Waals surface area contributed by atoms with Crippen molar-refractivity contribution in [1.82, 2.24) is 20.0 Å². The molecule has 0 saturated carbocycles. The zero-order valence-electron chi connectivity index (χ0n) is 12.5. The maximum Gasteiger partial charge on any atom is 0.274 e. The topological polar surface area (TPSA) is 93.2 Å². The normalized spacial score (nSPS) is 10.7. The van der Waals surface area contributed by atoms with Crippen LogP contribution in [-0.2, 0) is 11.3 Å². The summed E-state index contributed by atoms with van der Waals surface area (Å²) >= 11 is 0. The van der Waals surface area contributed by atoms with Gasteiger partial charge in [-0.1, -0.05) is 0 Å². The number of nitrogens with zero attached hydrogens (tertiary/aromatic N) is 3. The fourth-order valence-electron chi connectivity index (χ4n) is 1.89. The summed E-state index contributed by atoms with van der Waals surface area (Å²) in [5.41, 5.74) is 6.46. The lowest BCUT2D eigenvalue weighted by atomic mass is 10.3. The Morgan fingerprint density at radius 1 is 1.45 bits per heavy atom. The van der Waals surface area contributed by atoms with Gasteiger partial charge in [-0.2, -0.15) is 5.10 Å². The molecule has 0 radical (unpaired) electrons. The maximum absolute atomic E-state index is 12.5. The van der Waals surface area contributed by atoms with Crippen molar-refractivity contribution in [2.24, 2.45) is 0 Å². The summed E-state index contributed by atoms with van der Waals surface area (Å²) in [6.07, 6.45) is 1.46. The average Bonchev–Trinajstić information content (AvgIpc) is 2.75. The Balaban J connectivity index is 2.86. The molecule has 1 aromatic rings. The Bertz CT molecular complexity index is 481. The van der Waals surface area contributed by atoms with Crippen LogP contribution in [0.25, 0.3) is 0 Å². The van der Waals surface area contributed by atoms with E-state index in [0.717, 1.165) is 0 Å². The molecular weight excluding hydrogens is 258 g/mol. The molecule has 0 unspecified atom stereocenters. The minimum absolute atomic E-state index is 0.0157. The van der Waals surface area contributed by atoms with Gasteiger partial charge < -0.3 is 16.0 Å². The molecule has 2 amide bonds. The Hall–Kier alpha value is -2.05. The highest BCUT2D eigenvalue weighted by Gasteiger charge is 2.23. The molecule has 1 rings (SSSR count). The van der Waals surface area contributed by atoms with Crippen molar-refractivity contribution < 1.29 is 9.59 Å². The van der Waals surface area contributed by atoms with Crippen LogP contribution in [0, 0.1) is 0 Å². The molecular formula is C13H23N5O2. The molecule has 1 heterocycles. The van der Waals surface area contributed by atoms with Crippen molar-refractivity contribution in [2.75, 3.05) is 18.8 Å². The Morgan fingerprint density at radius 3 is 2.60 bits per heavy atom. The van der Waals surface area contributed by atoms with Crippen LogP contribution < -0.4 is 11.1 Å². The molecule has 0 fully saturated rings. The summed E-state index contributed by atoms with van der Waals surface area (Å²) in [5.74, 6) is -0.459. The average molecular weight is 281 g/mol. The molecule has 0 saturated heterocycles. The van der Waals surface area contributed by atoms with Gasteiger partial charge in [0, 0.05) is 19.1 Å². The van der Waals surface area contributed by atoms with Crippen LogP contribution >= 0.6 is 0 Å². The third kappa shape index (κ3) is 3.72. The van der Waals surface area contributed by atoms with E-state index < -0.39 is 0 Å². The van der Waals surface area contributed by atoms with Crippen LogP contribution in [0.5, 0.6) is 0 Å². The van der Waals surface area contributed by atoms with Crippen LogP contribution in [0.2, 0.25) is 0 Å².